The fourth-order valence-corrected chi connectivity index (χ4v) is 6.99. The van der Waals surface area contributed by atoms with Gasteiger partial charge in [-0.05, 0) is 49.2 Å². The number of carbonyl (C=O) groups excluding carboxylic acids is 1. The van der Waals surface area contributed by atoms with Gasteiger partial charge in [-0.2, -0.15) is 8.61 Å². The Morgan fingerprint density at radius 3 is 2.27 bits per heavy atom. The van der Waals surface area contributed by atoms with Crippen LogP contribution in [0.1, 0.15) is 43.5 Å². The lowest BCUT2D eigenvalue weighted by atomic mass is 10.2. The summed E-state index contributed by atoms with van der Waals surface area (Å²) < 4.78 is 54.3. The fraction of sp³-hybridized carbons (Fsp3) is 0.409. The molecule has 0 atom stereocenters. The van der Waals surface area contributed by atoms with Gasteiger partial charge < -0.3 is 5.32 Å². The van der Waals surface area contributed by atoms with Crippen molar-refractivity contribution in [2.75, 3.05) is 31.5 Å². The van der Waals surface area contributed by atoms with Crippen molar-refractivity contribution in [2.45, 2.75) is 42.9 Å². The Hall–Kier alpha value is -1.98. The second kappa shape index (κ2) is 10.5. The van der Waals surface area contributed by atoms with Gasteiger partial charge >= 0.3 is 0 Å². The zero-order valence-corrected chi connectivity index (χ0v) is 21.0. The molecule has 0 aromatic heterocycles. The minimum absolute atomic E-state index is 0.0193. The lowest BCUT2D eigenvalue weighted by Crippen LogP contribution is -2.35. The molecule has 0 unspecified atom stereocenters. The fourth-order valence-electron chi connectivity index (χ4n) is 3.74. The van der Waals surface area contributed by atoms with E-state index in [1.54, 1.807) is 26.0 Å². The molecule has 0 bridgehead atoms. The van der Waals surface area contributed by atoms with Crippen molar-refractivity contribution in [2.24, 2.45) is 0 Å². The SMILES string of the molecule is CCN(CC)S(=O)(=O)c1ccc(Cl)c(C(=O)Nc2cccc(S(=O)(=O)N3CCCCC3)c2)c1. The molecule has 0 saturated carbocycles. The minimum atomic E-state index is -3.78. The van der Waals surface area contributed by atoms with Crippen LogP contribution in [0.3, 0.4) is 0 Å². The first-order chi connectivity index (χ1) is 15.6. The van der Waals surface area contributed by atoms with E-state index in [1.165, 1.54) is 38.9 Å². The molecule has 1 aliphatic rings. The second-order valence-electron chi connectivity index (χ2n) is 7.68. The largest absolute Gasteiger partial charge is 0.322 e. The number of amides is 1. The Morgan fingerprint density at radius 1 is 0.970 bits per heavy atom. The molecule has 8 nitrogen and oxygen atoms in total. The first kappa shape index (κ1) is 25.6. The summed E-state index contributed by atoms with van der Waals surface area (Å²) in [6.45, 7) is 5.00. The Balaban J connectivity index is 1.87. The highest BCUT2D eigenvalue weighted by Gasteiger charge is 2.27. The van der Waals surface area contributed by atoms with Crippen LogP contribution in [-0.4, -0.2) is 57.5 Å². The molecule has 0 aliphatic carbocycles. The van der Waals surface area contributed by atoms with E-state index in [1.807, 2.05) is 0 Å². The summed E-state index contributed by atoms with van der Waals surface area (Å²) in [4.78, 5) is 13.0. The van der Waals surface area contributed by atoms with Crippen molar-refractivity contribution in [1.82, 2.24) is 8.61 Å². The van der Waals surface area contributed by atoms with E-state index < -0.39 is 26.0 Å². The van der Waals surface area contributed by atoms with E-state index in [0.717, 1.165) is 19.3 Å². The zero-order valence-electron chi connectivity index (χ0n) is 18.6. The van der Waals surface area contributed by atoms with E-state index >= 15 is 0 Å². The van der Waals surface area contributed by atoms with Crippen LogP contribution in [0.5, 0.6) is 0 Å². The highest BCUT2D eigenvalue weighted by atomic mass is 35.5. The third-order valence-corrected chi connectivity index (χ3v) is 9.84. The summed E-state index contributed by atoms with van der Waals surface area (Å²) in [6.07, 6.45) is 2.65. The van der Waals surface area contributed by atoms with Crippen molar-refractivity contribution in [3.63, 3.8) is 0 Å². The summed E-state index contributed by atoms with van der Waals surface area (Å²) >= 11 is 6.19. The highest BCUT2D eigenvalue weighted by Crippen LogP contribution is 2.26. The van der Waals surface area contributed by atoms with Crippen molar-refractivity contribution in [3.8, 4) is 0 Å². The Bertz CT molecular complexity index is 1220. The van der Waals surface area contributed by atoms with Crippen LogP contribution >= 0.6 is 11.6 Å². The van der Waals surface area contributed by atoms with Gasteiger partial charge in [-0.25, -0.2) is 16.8 Å². The number of hydrogen-bond acceptors (Lipinski definition) is 5. The summed E-state index contributed by atoms with van der Waals surface area (Å²) in [5, 5.41) is 2.72. The summed E-state index contributed by atoms with van der Waals surface area (Å²) in [6, 6.07) is 9.96. The molecule has 1 heterocycles. The van der Waals surface area contributed by atoms with E-state index in [0.29, 0.717) is 26.2 Å². The van der Waals surface area contributed by atoms with E-state index in [-0.39, 0.29) is 26.1 Å². The smallest absolute Gasteiger partial charge is 0.257 e. The standard InChI is InChI=1S/C22H28ClN3O5S2/c1-3-25(4-2)32(28,29)19-11-12-21(23)20(16-19)22(27)24-17-9-8-10-18(15-17)33(30,31)26-13-6-5-7-14-26/h8-12,15-16H,3-7,13-14H2,1-2H3,(H,24,27). The monoisotopic (exact) mass is 513 g/mol. The predicted octanol–water partition coefficient (Wildman–Crippen LogP) is 3.80. The van der Waals surface area contributed by atoms with Gasteiger partial charge in [0.1, 0.15) is 0 Å². The zero-order chi connectivity index (χ0) is 24.2. The number of nitrogens with zero attached hydrogens (tertiary/aromatic N) is 2. The Kier molecular flexibility index (Phi) is 8.17. The molecule has 1 aliphatic heterocycles. The minimum Gasteiger partial charge on any atom is -0.322 e. The van der Waals surface area contributed by atoms with Gasteiger partial charge in [-0.3, -0.25) is 4.79 Å². The van der Waals surface area contributed by atoms with Gasteiger partial charge in [-0.1, -0.05) is 37.9 Å². The Labute approximate surface area is 200 Å². The van der Waals surface area contributed by atoms with Crippen molar-refractivity contribution in [3.05, 3.63) is 53.1 Å². The molecular formula is C22H28ClN3O5S2. The average Bonchev–Trinajstić information content (AvgIpc) is 2.80. The quantitative estimate of drug-likeness (QED) is 0.578. The van der Waals surface area contributed by atoms with Crippen LogP contribution < -0.4 is 5.32 Å². The third kappa shape index (κ3) is 5.58. The van der Waals surface area contributed by atoms with Gasteiger partial charge in [0, 0.05) is 31.9 Å². The van der Waals surface area contributed by atoms with Crippen LogP contribution in [0.15, 0.2) is 52.3 Å². The highest BCUT2D eigenvalue weighted by molar-refractivity contribution is 7.89. The number of hydrogen-bond donors (Lipinski definition) is 1. The van der Waals surface area contributed by atoms with Crippen molar-refractivity contribution >= 4 is 43.2 Å². The molecular weight excluding hydrogens is 486 g/mol. The molecule has 180 valence electrons. The van der Waals surface area contributed by atoms with E-state index in [9.17, 15) is 21.6 Å². The molecule has 0 radical (unpaired) electrons. The summed E-state index contributed by atoms with van der Waals surface area (Å²) in [5.41, 5.74) is 0.250. The van der Waals surface area contributed by atoms with Gasteiger partial charge in [0.25, 0.3) is 5.91 Å². The number of nitrogens with one attached hydrogen (secondary N) is 1. The lowest BCUT2D eigenvalue weighted by molar-refractivity contribution is 0.102. The van der Waals surface area contributed by atoms with Gasteiger partial charge in [0.2, 0.25) is 20.0 Å². The molecule has 1 N–H and O–H groups in total. The molecule has 1 amide bonds. The van der Waals surface area contributed by atoms with Crippen LogP contribution in [0.4, 0.5) is 5.69 Å². The number of halogens is 1. The first-order valence-electron chi connectivity index (χ1n) is 10.8. The number of carbonyl (C=O) groups is 1. The summed E-state index contributed by atoms with van der Waals surface area (Å²) in [5.74, 6) is -0.635. The van der Waals surface area contributed by atoms with Crippen LogP contribution in [0, 0.1) is 0 Å². The molecule has 3 rings (SSSR count). The van der Waals surface area contributed by atoms with Gasteiger partial charge in [0.15, 0.2) is 0 Å². The van der Waals surface area contributed by atoms with Crippen molar-refractivity contribution in [1.29, 1.82) is 0 Å². The first-order valence-corrected chi connectivity index (χ1v) is 14.1. The average molecular weight is 514 g/mol. The number of rotatable bonds is 8. The predicted molar refractivity (Wildman–Crippen MR) is 129 cm³/mol. The second-order valence-corrected chi connectivity index (χ2v) is 12.0. The maximum absolute atomic E-state index is 12.9. The molecule has 11 heteroatoms. The molecule has 33 heavy (non-hydrogen) atoms. The number of anilines is 1. The van der Waals surface area contributed by atoms with Crippen LogP contribution in [0.2, 0.25) is 5.02 Å². The number of benzene rings is 2. The van der Waals surface area contributed by atoms with Gasteiger partial charge in [-0.15, -0.1) is 0 Å². The maximum atomic E-state index is 12.9. The molecule has 2 aromatic carbocycles. The number of sulfonamides is 2. The Morgan fingerprint density at radius 2 is 1.64 bits per heavy atom. The molecule has 1 saturated heterocycles. The number of piperidine rings is 1. The molecule has 2 aromatic rings. The van der Waals surface area contributed by atoms with Gasteiger partial charge in [0.05, 0.1) is 20.4 Å². The third-order valence-electron chi connectivity index (χ3n) is 5.57. The maximum Gasteiger partial charge on any atom is 0.257 e. The lowest BCUT2D eigenvalue weighted by Gasteiger charge is -2.26. The van der Waals surface area contributed by atoms with Crippen LogP contribution in [0.25, 0.3) is 0 Å². The molecule has 0 spiro atoms. The van der Waals surface area contributed by atoms with E-state index in [2.05, 4.69) is 5.32 Å². The van der Waals surface area contributed by atoms with Crippen LogP contribution in [-0.2, 0) is 20.0 Å². The topological polar surface area (TPSA) is 104 Å². The van der Waals surface area contributed by atoms with Crippen molar-refractivity contribution < 1.29 is 21.6 Å². The normalized spacial score (nSPS) is 15.5. The van der Waals surface area contributed by atoms with E-state index in [4.69, 9.17) is 11.6 Å². The molecule has 1 fully saturated rings. The summed E-state index contributed by atoms with van der Waals surface area (Å²) in [7, 11) is -7.44.